The molecule has 2 heterocycles. The normalized spacial score (nSPS) is 10.5. The molecule has 2 rings (SSSR count). The van der Waals surface area contributed by atoms with Gasteiger partial charge in [-0.2, -0.15) is 0 Å². The number of rotatable bonds is 2. The van der Waals surface area contributed by atoms with E-state index in [4.69, 9.17) is 17.3 Å². The molecule has 0 atom stereocenters. The van der Waals surface area contributed by atoms with Gasteiger partial charge in [-0.3, -0.25) is 0 Å². The van der Waals surface area contributed by atoms with E-state index < -0.39 is 0 Å². The summed E-state index contributed by atoms with van der Waals surface area (Å²) in [5.74, 6) is 0.504. The van der Waals surface area contributed by atoms with Gasteiger partial charge in [0.25, 0.3) is 0 Å². The lowest BCUT2D eigenvalue weighted by atomic mass is 10.5. The number of nitrogens with zero attached hydrogens (tertiary/aromatic N) is 3. The Morgan fingerprint density at radius 2 is 2.38 bits per heavy atom. The zero-order valence-electron chi connectivity index (χ0n) is 6.64. The summed E-state index contributed by atoms with van der Waals surface area (Å²) in [7, 11) is 0. The van der Waals surface area contributed by atoms with E-state index in [9.17, 15) is 0 Å². The molecule has 0 unspecified atom stereocenters. The average molecular weight is 215 g/mol. The molecule has 4 nitrogen and oxygen atoms in total. The van der Waals surface area contributed by atoms with Crippen LogP contribution in [0, 0.1) is 0 Å². The third-order valence-corrected chi connectivity index (χ3v) is 2.70. The number of thiazole rings is 1. The number of nitrogen functional groups attached to an aromatic ring is 1. The summed E-state index contributed by atoms with van der Waals surface area (Å²) in [4.78, 5) is 8.91. The number of hydrogen-bond donors (Lipinski definition) is 1. The quantitative estimate of drug-likeness (QED) is 0.827. The molecule has 0 amide bonds. The SMILES string of the molecule is Nc1nccn1Cc1cnc(Cl)s1. The number of anilines is 1. The van der Waals surface area contributed by atoms with Gasteiger partial charge < -0.3 is 10.3 Å². The molecule has 13 heavy (non-hydrogen) atoms. The van der Waals surface area contributed by atoms with E-state index >= 15 is 0 Å². The van der Waals surface area contributed by atoms with Crippen molar-refractivity contribution in [3.63, 3.8) is 0 Å². The minimum Gasteiger partial charge on any atom is -0.369 e. The van der Waals surface area contributed by atoms with Gasteiger partial charge in [0.05, 0.1) is 6.54 Å². The van der Waals surface area contributed by atoms with Crippen molar-refractivity contribution in [1.29, 1.82) is 0 Å². The fourth-order valence-corrected chi connectivity index (χ4v) is 1.98. The van der Waals surface area contributed by atoms with E-state index in [-0.39, 0.29) is 0 Å². The lowest BCUT2D eigenvalue weighted by molar-refractivity contribution is 0.822. The predicted octanol–water partition coefficient (Wildman–Crippen LogP) is 1.62. The number of halogens is 1. The highest BCUT2D eigenvalue weighted by Crippen LogP contribution is 2.19. The molecule has 68 valence electrons. The molecule has 0 radical (unpaired) electrons. The second kappa shape index (κ2) is 3.35. The molecular formula is C7H7ClN4S. The van der Waals surface area contributed by atoms with Crippen LogP contribution < -0.4 is 5.73 Å². The standard InChI is InChI=1S/C7H7ClN4S/c8-6-11-3-5(13-6)4-12-2-1-10-7(12)9/h1-3H,4H2,(H2,9,10). The summed E-state index contributed by atoms with van der Waals surface area (Å²) in [5, 5.41) is 0. The second-order valence-electron chi connectivity index (χ2n) is 2.49. The van der Waals surface area contributed by atoms with E-state index in [1.807, 2.05) is 10.8 Å². The van der Waals surface area contributed by atoms with Crippen LogP contribution in [-0.4, -0.2) is 14.5 Å². The smallest absolute Gasteiger partial charge is 0.200 e. The Bertz CT molecular complexity index is 408. The molecule has 0 spiro atoms. The van der Waals surface area contributed by atoms with Crippen molar-refractivity contribution in [2.24, 2.45) is 0 Å². The minimum absolute atomic E-state index is 0.504. The first kappa shape index (κ1) is 8.52. The summed E-state index contributed by atoms with van der Waals surface area (Å²) in [5.41, 5.74) is 5.60. The Balaban J connectivity index is 2.19. The van der Waals surface area contributed by atoms with E-state index in [2.05, 4.69) is 9.97 Å². The van der Waals surface area contributed by atoms with Crippen LogP contribution in [0.15, 0.2) is 18.6 Å². The highest BCUT2D eigenvalue weighted by Gasteiger charge is 2.02. The van der Waals surface area contributed by atoms with Crippen molar-refractivity contribution in [3.8, 4) is 0 Å². The topological polar surface area (TPSA) is 56.7 Å². The molecule has 0 saturated heterocycles. The fourth-order valence-electron chi connectivity index (χ4n) is 0.999. The Hall–Kier alpha value is -1.07. The molecule has 0 aliphatic rings. The molecule has 2 N–H and O–H groups in total. The third kappa shape index (κ3) is 1.81. The van der Waals surface area contributed by atoms with E-state index in [0.717, 1.165) is 4.88 Å². The van der Waals surface area contributed by atoms with Crippen LogP contribution in [0.4, 0.5) is 5.95 Å². The average Bonchev–Trinajstić information content (AvgIpc) is 2.64. The summed E-state index contributed by atoms with van der Waals surface area (Å²) >= 11 is 7.14. The summed E-state index contributed by atoms with van der Waals surface area (Å²) in [6.45, 7) is 0.677. The molecule has 2 aromatic rings. The Morgan fingerprint density at radius 1 is 1.54 bits per heavy atom. The molecule has 0 saturated carbocycles. The van der Waals surface area contributed by atoms with Crippen molar-refractivity contribution >= 4 is 28.9 Å². The summed E-state index contributed by atoms with van der Waals surface area (Å²) < 4.78 is 2.39. The van der Waals surface area contributed by atoms with Crippen LogP contribution in [0.5, 0.6) is 0 Å². The number of imidazole rings is 1. The highest BCUT2D eigenvalue weighted by atomic mass is 35.5. The third-order valence-electron chi connectivity index (χ3n) is 1.60. The number of aromatic nitrogens is 3. The van der Waals surface area contributed by atoms with Gasteiger partial charge in [-0.25, -0.2) is 9.97 Å². The Morgan fingerprint density at radius 3 is 2.92 bits per heavy atom. The van der Waals surface area contributed by atoms with E-state index in [0.29, 0.717) is 17.0 Å². The maximum absolute atomic E-state index is 5.69. The molecular weight excluding hydrogens is 208 g/mol. The number of nitrogens with two attached hydrogens (primary N) is 1. The van der Waals surface area contributed by atoms with Crippen molar-refractivity contribution < 1.29 is 0 Å². The molecule has 6 heteroatoms. The van der Waals surface area contributed by atoms with E-state index in [1.165, 1.54) is 11.3 Å². The largest absolute Gasteiger partial charge is 0.369 e. The lowest BCUT2D eigenvalue weighted by Gasteiger charge is -1.99. The Labute approximate surface area is 84.0 Å². The van der Waals surface area contributed by atoms with Gasteiger partial charge in [0.1, 0.15) is 0 Å². The van der Waals surface area contributed by atoms with Gasteiger partial charge in [0.2, 0.25) is 0 Å². The van der Waals surface area contributed by atoms with Gasteiger partial charge >= 0.3 is 0 Å². The fraction of sp³-hybridized carbons (Fsp3) is 0.143. The maximum Gasteiger partial charge on any atom is 0.200 e. The minimum atomic E-state index is 0.504. The van der Waals surface area contributed by atoms with Crippen LogP contribution in [0.25, 0.3) is 0 Å². The summed E-state index contributed by atoms with van der Waals surface area (Å²) in [6.07, 6.45) is 5.23. The van der Waals surface area contributed by atoms with Crippen LogP contribution in [-0.2, 0) is 6.54 Å². The van der Waals surface area contributed by atoms with Crippen molar-refractivity contribution in [2.75, 3.05) is 5.73 Å². The molecule has 0 fully saturated rings. The van der Waals surface area contributed by atoms with E-state index in [1.54, 1.807) is 12.4 Å². The monoisotopic (exact) mass is 214 g/mol. The molecule has 2 aromatic heterocycles. The van der Waals surface area contributed by atoms with Gasteiger partial charge in [-0.05, 0) is 0 Å². The zero-order valence-corrected chi connectivity index (χ0v) is 8.22. The molecule has 0 aliphatic heterocycles. The number of hydrogen-bond acceptors (Lipinski definition) is 4. The van der Waals surface area contributed by atoms with Gasteiger partial charge in [-0.1, -0.05) is 11.6 Å². The Kier molecular flexibility index (Phi) is 2.20. The molecule has 0 aromatic carbocycles. The summed E-state index contributed by atoms with van der Waals surface area (Å²) in [6, 6.07) is 0. The first-order valence-electron chi connectivity index (χ1n) is 3.62. The highest BCUT2D eigenvalue weighted by molar-refractivity contribution is 7.15. The molecule has 0 bridgehead atoms. The van der Waals surface area contributed by atoms with Gasteiger partial charge in [0, 0.05) is 23.5 Å². The van der Waals surface area contributed by atoms with Crippen molar-refractivity contribution in [1.82, 2.24) is 14.5 Å². The van der Waals surface area contributed by atoms with Gasteiger partial charge in [-0.15, -0.1) is 11.3 Å². The first-order valence-corrected chi connectivity index (χ1v) is 4.82. The zero-order chi connectivity index (χ0) is 9.26. The van der Waals surface area contributed by atoms with Crippen molar-refractivity contribution in [3.05, 3.63) is 27.9 Å². The van der Waals surface area contributed by atoms with Crippen LogP contribution in [0.2, 0.25) is 4.47 Å². The lowest BCUT2D eigenvalue weighted by Crippen LogP contribution is -2.02. The van der Waals surface area contributed by atoms with Crippen LogP contribution in [0.1, 0.15) is 4.88 Å². The van der Waals surface area contributed by atoms with Crippen molar-refractivity contribution in [2.45, 2.75) is 6.54 Å². The maximum atomic E-state index is 5.69. The molecule has 0 aliphatic carbocycles. The second-order valence-corrected chi connectivity index (χ2v) is 4.19. The van der Waals surface area contributed by atoms with Gasteiger partial charge in [0.15, 0.2) is 10.4 Å². The predicted molar refractivity (Wildman–Crippen MR) is 52.9 cm³/mol. The van der Waals surface area contributed by atoms with Crippen LogP contribution in [0.3, 0.4) is 0 Å². The van der Waals surface area contributed by atoms with Crippen LogP contribution >= 0.6 is 22.9 Å². The first-order chi connectivity index (χ1) is 6.25.